The van der Waals surface area contributed by atoms with Gasteiger partial charge in [-0.1, -0.05) is 6.92 Å². The van der Waals surface area contributed by atoms with Gasteiger partial charge >= 0.3 is 0 Å². The fraction of sp³-hybridized carbons (Fsp3) is 0.588. The third kappa shape index (κ3) is 6.70. The molecule has 0 saturated carbocycles. The summed E-state index contributed by atoms with van der Waals surface area (Å²) in [5.41, 5.74) is 0. The molecule has 0 aliphatic heterocycles. The molecule has 1 aromatic carbocycles. The van der Waals surface area contributed by atoms with Gasteiger partial charge in [-0.05, 0) is 51.5 Å². The first-order chi connectivity index (χ1) is 10.6. The summed E-state index contributed by atoms with van der Waals surface area (Å²) in [6.45, 7) is 9.81. The predicted octanol–water partition coefficient (Wildman–Crippen LogP) is 2.82. The van der Waals surface area contributed by atoms with Crippen molar-refractivity contribution in [3.8, 4) is 11.5 Å². The Balaban J connectivity index is 2.53. The van der Waals surface area contributed by atoms with E-state index in [1.165, 1.54) is 0 Å². The number of ether oxygens (including phenoxy) is 2. The van der Waals surface area contributed by atoms with Crippen LogP contribution in [-0.4, -0.2) is 38.3 Å². The van der Waals surface area contributed by atoms with Gasteiger partial charge in [0.2, 0.25) is 0 Å². The molecule has 2 atom stereocenters. The van der Waals surface area contributed by atoms with Gasteiger partial charge < -0.3 is 20.1 Å². The van der Waals surface area contributed by atoms with Crippen LogP contribution in [0.5, 0.6) is 11.5 Å². The average molecular weight is 307 g/mol. The lowest BCUT2D eigenvalue weighted by Gasteiger charge is -2.18. The maximum Gasteiger partial charge on any atom is 0.191 e. The molecule has 2 unspecified atom stereocenters. The van der Waals surface area contributed by atoms with Crippen molar-refractivity contribution in [3.63, 3.8) is 0 Å². The Hall–Kier alpha value is -1.91. The van der Waals surface area contributed by atoms with Crippen LogP contribution in [0.3, 0.4) is 0 Å². The molecule has 0 radical (unpaired) electrons. The van der Waals surface area contributed by atoms with Crippen molar-refractivity contribution in [1.29, 1.82) is 0 Å². The molecule has 0 heterocycles. The van der Waals surface area contributed by atoms with E-state index in [0.29, 0.717) is 12.6 Å². The minimum absolute atomic E-state index is 0.000726. The summed E-state index contributed by atoms with van der Waals surface area (Å²) >= 11 is 0. The summed E-state index contributed by atoms with van der Waals surface area (Å²) in [4.78, 5) is 4.58. The van der Waals surface area contributed by atoms with Gasteiger partial charge in [-0.25, -0.2) is 4.99 Å². The smallest absolute Gasteiger partial charge is 0.191 e. The van der Waals surface area contributed by atoms with Crippen molar-refractivity contribution in [3.05, 3.63) is 24.3 Å². The number of aliphatic imine (C=N–C) groups is 1. The molecular weight excluding hydrogens is 278 g/mol. The summed E-state index contributed by atoms with van der Waals surface area (Å²) in [5.74, 6) is 2.48. The predicted molar refractivity (Wildman–Crippen MR) is 92.0 cm³/mol. The van der Waals surface area contributed by atoms with Crippen LogP contribution in [0, 0.1) is 0 Å². The fourth-order valence-electron chi connectivity index (χ4n) is 1.80. The van der Waals surface area contributed by atoms with E-state index in [-0.39, 0.29) is 6.10 Å². The number of guanidine groups is 1. The molecule has 0 saturated heterocycles. The average Bonchev–Trinajstić information content (AvgIpc) is 2.53. The van der Waals surface area contributed by atoms with Crippen molar-refractivity contribution in [2.24, 2.45) is 4.99 Å². The van der Waals surface area contributed by atoms with E-state index in [9.17, 15) is 0 Å². The normalized spacial score (nSPS) is 14.1. The monoisotopic (exact) mass is 307 g/mol. The third-order valence-corrected chi connectivity index (χ3v) is 3.24. The van der Waals surface area contributed by atoms with E-state index in [1.807, 2.05) is 31.2 Å². The van der Waals surface area contributed by atoms with Gasteiger partial charge in [0.15, 0.2) is 5.96 Å². The molecule has 0 aliphatic rings. The summed E-state index contributed by atoms with van der Waals surface area (Å²) in [6, 6.07) is 7.99. The zero-order valence-corrected chi connectivity index (χ0v) is 14.3. The van der Waals surface area contributed by atoms with Gasteiger partial charge in [0.05, 0.1) is 13.7 Å². The zero-order valence-electron chi connectivity index (χ0n) is 14.3. The zero-order chi connectivity index (χ0) is 16.4. The molecular formula is C17H29N3O2. The van der Waals surface area contributed by atoms with Crippen LogP contribution in [0.2, 0.25) is 0 Å². The van der Waals surface area contributed by atoms with E-state index in [2.05, 4.69) is 36.4 Å². The fourth-order valence-corrected chi connectivity index (χ4v) is 1.80. The molecule has 22 heavy (non-hydrogen) atoms. The molecule has 0 spiro atoms. The van der Waals surface area contributed by atoms with Crippen molar-refractivity contribution in [1.82, 2.24) is 10.6 Å². The lowest BCUT2D eigenvalue weighted by atomic mass is 10.3. The molecule has 0 aliphatic carbocycles. The van der Waals surface area contributed by atoms with E-state index >= 15 is 0 Å². The molecule has 1 rings (SSSR count). The lowest BCUT2D eigenvalue weighted by molar-refractivity contribution is 0.230. The molecule has 5 nitrogen and oxygen atoms in total. The molecule has 124 valence electrons. The van der Waals surface area contributed by atoms with E-state index in [1.54, 1.807) is 7.11 Å². The Morgan fingerprint density at radius 3 is 2.32 bits per heavy atom. The summed E-state index contributed by atoms with van der Waals surface area (Å²) < 4.78 is 11.0. The lowest BCUT2D eigenvalue weighted by Crippen LogP contribution is -2.42. The number of benzene rings is 1. The number of rotatable bonds is 8. The number of nitrogens with zero attached hydrogens (tertiary/aromatic N) is 1. The van der Waals surface area contributed by atoms with Crippen LogP contribution < -0.4 is 20.1 Å². The highest BCUT2D eigenvalue weighted by molar-refractivity contribution is 5.80. The van der Waals surface area contributed by atoms with Crippen LogP contribution in [0.25, 0.3) is 0 Å². The summed E-state index contributed by atoms with van der Waals surface area (Å²) in [7, 11) is 1.65. The Morgan fingerprint density at radius 1 is 1.14 bits per heavy atom. The largest absolute Gasteiger partial charge is 0.497 e. The first kappa shape index (κ1) is 18.1. The van der Waals surface area contributed by atoms with Crippen LogP contribution in [0.15, 0.2) is 29.3 Å². The maximum absolute atomic E-state index is 5.86. The highest BCUT2D eigenvalue weighted by atomic mass is 16.5. The van der Waals surface area contributed by atoms with E-state index in [0.717, 1.165) is 30.4 Å². The first-order valence-electron chi connectivity index (χ1n) is 7.94. The third-order valence-electron chi connectivity index (χ3n) is 3.24. The van der Waals surface area contributed by atoms with Gasteiger partial charge in [0.25, 0.3) is 0 Å². The van der Waals surface area contributed by atoms with Crippen LogP contribution in [-0.2, 0) is 0 Å². The highest BCUT2D eigenvalue weighted by Crippen LogP contribution is 2.18. The second kappa shape index (κ2) is 9.92. The van der Waals surface area contributed by atoms with Gasteiger partial charge in [0.1, 0.15) is 17.6 Å². The Bertz CT molecular complexity index is 446. The first-order valence-corrected chi connectivity index (χ1v) is 7.94. The van der Waals surface area contributed by atoms with Crippen molar-refractivity contribution in [2.45, 2.75) is 46.3 Å². The van der Waals surface area contributed by atoms with E-state index < -0.39 is 0 Å². The standard InChI is InChI=1S/C17H29N3O2/c1-6-13(3)20-17(18-7-2)19-12-14(4)22-16-10-8-15(21-5)9-11-16/h8-11,13-14H,6-7,12H2,1-5H3,(H2,18,19,20). The van der Waals surface area contributed by atoms with Gasteiger partial charge in [-0.2, -0.15) is 0 Å². The number of nitrogens with one attached hydrogen (secondary N) is 2. The Labute approximate surface area is 134 Å². The molecule has 0 fully saturated rings. The summed E-state index contributed by atoms with van der Waals surface area (Å²) in [6.07, 6.45) is 1.06. The second-order valence-corrected chi connectivity index (χ2v) is 5.28. The number of hydrogen-bond acceptors (Lipinski definition) is 3. The SMILES string of the molecule is CCNC(=NCC(C)Oc1ccc(OC)cc1)NC(C)CC. The highest BCUT2D eigenvalue weighted by Gasteiger charge is 2.06. The Morgan fingerprint density at radius 2 is 1.77 bits per heavy atom. The minimum atomic E-state index is 0.000726. The quantitative estimate of drug-likeness (QED) is 0.573. The van der Waals surface area contributed by atoms with Gasteiger partial charge in [0, 0.05) is 12.6 Å². The minimum Gasteiger partial charge on any atom is -0.497 e. The van der Waals surface area contributed by atoms with Crippen LogP contribution in [0.4, 0.5) is 0 Å². The Kier molecular flexibility index (Phi) is 8.18. The van der Waals surface area contributed by atoms with Crippen LogP contribution in [0.1, 0.15) is 34.1 Å². The molecule has 0 amide bonds. The molecule has 0 aromatic heterocycles. The van der Waals surface area contributed by atoms with Crippen LogP contribution >= 0.6 is 0 Å². The van der Waals surface area contributed by atoms with Crippen molar-refractivity contribution < 1.29 is 9.47 Å². The van der Waals surface area contributed by atoms with Gasteiger partial charge in [-0.15, -0.1) is 0 Å². The molecule has 0 bridgehead atoms. The summed E-state index contributed by atoms with van der Waals surface area (Å²) in [5, 5.41) is 6.62. The topological polar surface area (TPSA) is 54.9 Å². The molecule has 2 N–H and O–H groups in total. The molecule has 5 heteroatoms. The van der Waals surface area contributed by atoms with Gasteiger partial charge in [-0.3, -0.25) is 0 Å². The molecule has 1 aromatic rings. The maximum atomic E-state index is 5.86. The number of hydrogen-bond donors (Lipinski definition) is 2. The number of methoxy groups -OCH3 is 1. The van der Waals surface area contributed by atoms with E-state index in [4.69, 9.17) is 9.47 Å². The second-order valence-electron chi connectivity index (χ2n) is 5.28. The van der Waals surface area contributed by atoms with Crippen molar-refractivity contribution in [2.75, 3.05) is 20.2 Å². The van der Waals surface area contributed by atoms with Crippen molar-refractivity contribution >= 4 is 5.96 Å².